The minimum atomic E-state index is 0.0380. The number of hydrogen-bond donors (Lipinski definition) is 1. The number of hydrogen-bond acceptors (Lipinski definition) is 4. The van der Waals surface area contributed by atoms with Crippen LogP contribution in [-0.2, 0) is 11.3 Å². The Morgan fingerprint density at radius 3 is 2.51 bits per heavy atom. The van der Waals surface area contributed by atoms with Crippen molar-refractivity contribution in [2.75, 3.05) is 13.1 Å². The highest BCUT2D eigenvalue weighted by Crippen LogP contribution is 2.34. The fourth-order valence-corrected chi connectivity index (χ4v) is 5.14. The number of carbonyl (C=O) groups is 1. The van der Waals surface area contributed by atoms with Gasteiger partial charge < -0.3 is 15.2 Å². The van der Waals surface area contributed by atoms with Gasteiger partial charge in [-0.05, 0) is 72.0 Å². The van der Waals surface area contributed by atoms with Crippen LogP contribution in [0.15, 0.2) is 64.0 Å². The maximum Gasteiger partial charge on any atom is 0.258 e. The number of rotatable bonds is 9. The lowest BCUT2D eigenvalue weighted by atomic mass is 9.99. The molecular weight excluding hydrogens is 460 g/mol. The van der Waals surface area contributed by atoms with Crippen LogP contribution in [0.5, 0.6) is 0 Å². The number of aromatic nitrogens is 1. The molecule has 2 heterocycles. The third-order valence-corrected chi connectivity index (χ3v) is 7.33. The van der Waals surface area contributed by atoms with Crippen molar-refractivity contribution in [3.05, 3.63) is 70.2 Å². The molecular formula is C31H36N4O2. The summed E-state index contributed by atoms with van der Waals surface area (Å²) in [6.07, 6.45) is 9.72. The Bertz CT molecular complexity index is 1440. The molecule has 0 atom stereocenters. The molecule has 0 bridgehead atoms. The van der Waals surface area contributed by atoms with E-state index in [1.165, 1.54) is 12.8 Å². The van der Waals surface area contributed by atoms with E-state index in [1.807, 2.05) is 58.1 Å². The van der Waals surface area contributed by atoms with Crippen LogP contribution in [-0.4, -0.2) is 34.3 Å². The zero-order chi connectivity index (χ0) is 25.9. The smallest absolute Gasteiger partial charge is 0.258 e. The maximum atomic E-state index is 13.2. The number of amidine groups is 1. The molecule has 1 saturated carbocycles. The number of fused-ring (bicyclic) bond motifs is 2. The molecule has 1 fully saturated rings. The average molecular weight is 497 g/mol. The van der Waals surface area contributed by atoms with Crippen LogP contribution in [0.1, 0.15) is 57.9 Å². The second-order valence-corrected chi connectivity index (χ2v) is 10.4. The van der Waals surface area contributed by atoms with Gasteiger partial charge in [-0.25, -0.2) is 4.99 Å². The quantitative estimate of drug-likeness (QED) is 0.401. The standard InChI is InChI=1S/C31H36N4O2/c1-3-13-34(14-4-2)30(36)26-18-25-8-7-23(19-28(25)33-29(32)20-26)22-9-10-27-24(17-22)12-16-35(31(27)37)15-11-21-5-6-21/h7-10,12,16-19,21H,3-6,11,13-15,20H2,1-2H3,(H2,32,33). The lowest BCUT2D eigenvalue weighted by molar-refractivity contribution is -0.127. The Balaban J connectivity index is 1.44. The number of carbonyl (C=O) groups excluding carboxylic acids is 1. The predicted octanol–water partition coefficient (Wildman–Crippen LogP) is 5.89. The summed E-state index contributed by atoms with van der Waals surface area (Å²) in [5.41, 5.74) is 10.7. The number of aliphatic imine (C=N–C) groups is 1. The Kier molecular flexibility index (Phi) is 7.26. The highest BCUT2D eigenvalue weighted by atomic mass is 16.2. The number of aryl methyl sites for hydroxylation is 1. The van der Waals surface area contributed by atoms with E-state index in [0.717, 1.165) is 78.0 Å². The second-order valence-electron chi connectivity index (χ2n) is 10.4. The van der Waals surface area contributed by atoms with Crippen molar-refractivity contribution in [1.29, 1.82) is 0 Å². The van der Waals surface area contributed by atoms with Gasteiger partial charge in [-0.15, -0.1) is 0 Å². The number of benzene rings is 2. The van der Waals surface area contributed by atoms with Crippen molar-refractivity contribution >= 4 is 34.3 Å². The molecule has 0 radical (unpaired) electrons. The summed E-state index contributed by atoms with van der Waals surface area (Å²) in [7, 11) is 0. The van der Waals surface area contributed by atoms with Gasteiger partial charge in [0.05, 0.1) is 5.69 Å². The van der Waals surface area contributed by atoms with Crippen LogP contribution in [0.3, 0.4) is 0 Å². The van der Waals surface area contributed by atoms with E-state index in [4.69, 9.17) is 5.73 Å². The predicted molar refractivity (Wildman–Crippen MR) is 152 cm³/mol. The molecule has 2 aromatic carbocycles. The van der Waals surface area contributed by atoms with Gasteiger partial charge in [0.15, 0.2) is 0 Å². The maximum absolute atomic E-state index is 13.2. The lowest BCUT2D eigenvalue weighted by Gasteiger charge is -2.22. The summed E-state index contributed by atoms with van der Waals surface area (Å²) in [6.45, 7) is 6.43. The second kappa shape index (κ2) is 10.8. The summed E-state index contributed by atoms with van der Waals surface area (Å²) in [4.78, 5) is 32.8. The first-order valence-corrected chi connectivity index (χ1v) is 13.6. The van der Waals surface area contributed by atoms with Crippen molar-refractivity contribution in [3.63, 3.8) is 0 Å². The highest BCUT2D eigenvalue weighted by molar-refractivity contribution is 6.05. The fourth-order valence-electron chi connectivity index (χ4n) is 5.14. The van der Waals surface area contributed by atoms with Gasteiger partial charge in [-0.3, -0.25) is 9.59 Å². The molecule has 0 unspecified atom stereocenters. The number of nitrogens with two attached hydrogens (primary N) is 1. The third-order valence-electron chi connectivity index (χ3n) is 7.33. The topological polar surface area (TPSA) is 80.7 Å². The van der Waals surface area contributed by atoms with E-state index in [0.29, 0.717) is 17.8 Å². The van der Waals surface area contributed by atoms with Crippen LogP contribution < -0.4 is 11.3 Å². The number of amides is 1. The zero-order valence-corrected chi connectivity index (χ0v) is 21.9. The Hall–Kier alpha value is -3.67. The van der Waals surface area contributed by atoms with Crippen molar-refractivity contribution in [1.82, 2.24) is 9.47 Å². The van der Waals surface area contributed by atoms with Gasteiger partial charge in [-0.2, -0.15) is 0 Å². The molecule has 192 valence electrons. The first-order valence-electron chi connectivity index (χ1n) is 13.6. The molecule has 1 aliphatic carbocycles. The summed E-state index contributed by atoms with van der Waals surface area (Å²) in [5, 5.41) is 1.68. The summed E-state index contributed by atoms with van der Waals surface area (Å²) in [6, 6.07) is 14.1. The zero-order valence-electron chi connectivity index (χ0n) is 21.9. The van der Waals surface area contributed by atoms with Crippen molar-refractivity contribution in [3.8, 4) is 11.1 Å². The van der Waals surface area contributed by atoms with Crippen molar-refractivity contribution in [2.24, 2.45) is 16.6 Å². The Morgan fingerprint density at radius 1 is 1.05 bits per heavy atom. The van der Waals surface area contributed by atoms with Crippen molar-refractivity contribution in [2.45, 2.75) is 58.9 Å². The van der Waals surface area contributed by atoms with Crippen molar-refractivity contribution < 1.29 is 4.79 Å². The largest absolute Gasteiger partial charge is 0.387 e. The molecule has 3 aromatic rings. The van der Waals surface area contributed by atoms with E-state index >= 15 is 0 Å². The Labute approximate surface area is 218 Å². The normalized spacial score (nSPS) is 15.1. The van der Waals surface area contributed by atoms with Gasteiger partial charge in [-0.1, -0.05) is 44.9 Å². The average Bonchev–Trinajstić information content (AvgIpc) is 3.74. The minimum Gasteiger partial charge on any atom is -0.387 e. The molecule has 1 aliphatic heterocycles. The van der Waals surface area contributed by atoms with E-state index < -0.39 is 0 Å². The SMILES string of the molecule is CCCN(CCC)C(=O)C1=Cc2ccc(-c3ccc4c(=O)n(CCC5CC5)ccc4c3)cc2N=C(N)C1. The first-order chi connectivity index (χ1) is 18.0. The number of pyridine rings is 1. The molecule has 2 aliphatic rings. The molecule has 0 spiro atoms. The first kappa shape index (κ1) is 25.0. The summed E-state index contributed by atoms with van der Waals surface area (Å²) >= 11 is 0. The van der Waals surface area contributed by atoms with Gasteiger partial charge in [0.2, 0.25) is 5.91 Å². The molecule has 1 aromatic heterocycles. The van der Waals surface area contributed by atoms with Crippen LogP contribution in [0.4, 0.5) is 5.69 Å². The summed E-state index contributed by atoms with van der Waals surface area (Å²) < 4.78 is 1.84. The molecule has 1 amide bonds. The van der Waals surface area contributed by atoms with Gasteiger partial charge >= 0.3 is 0 Å². The third kappa shape index (κ3) is 5.53. The van der Waals surface area contributed by atoms with Crippen LogP contribution in [0.2, 0.25) is 0 Å². The molecule has 5 rings (SSSR count). The van der Waals surface area contributed by atoms with Crippen LogP contribution in [0, 0.1) is 5.92 Å². The monoisotopic (exact) mass is 496 g/mol. The van der Waals surface area contributed by atoms with E-state index in [1.54, 1.807) is 0 Å². The van der Waals surface area contributed by atoms with Crippen LogP contribution in [0.25, 0.3) is 28.0 Å². The van der Waals surface area contributed by atoms with Crippen LogP contribution >= 0.6 is 0 Å². The van der Waals surface area contributed by atoms with E-state index in [2.05, 4.69) is 24.9 Å². The van der Waals surface area contributed by atoms with Gasteiger partial charge in [0.1, 0.15) is 5.84 Å². The van der Waals surface area contributed by atoms with E-state index in [9.17, 15) is 9.59 Å². The summed E-state index contributed by atoms with van der Waals surface area (Å²) in [5.74, 6) is 1.27. The molecule has 2 N–H and O–H groups in total. The van der Waals surface area contributed by atoms with E-state index in [-0.39, 0.29) is 11.5 Å². The molecule has 37 heavy (non-hydrogen) atoms. The van der Waals surface area contributed by atoms with Gasteiger partial charge in [0.25, 0.3) is 5.56 Å². The molecule has 6 nitrogen and oxygen atoms in total. The molecule has 6 heteroatoms. The fraction of sp³-hybridized carbons (Fsp3) is 0.387. The lowest BCUT2D eigenvalue weighted by Crippen LogP contribution is -2.34. The van der Waals surface area contributed by atoms with Gasteiger partial charge in [0, 0.05) is 48.8 Å². The molecule has 0 saturated heterocycles. The minimum absolute atomic E-state index is 0.0380. The highest BCUT2D eigenvalue weighted by Gasteiger charge is 2.22. The Morgan fingerprint density at radius 2 is 1.78 bits per heavy atom. The number of nitrogens with zero attached hydrogens (tertiary/aromatic N) is 3.